The summed E-state index contributed by atoms with van der Waals surface area (Å²) in [4.78, 5) is 5.50. The van der Waals surface area contributed by atoms with E-state index in [1.54, 1.807) is 17.5 Å². The van der Waals surface area contributed by atoms with Gasteiger partial charge >= 0.3 is 0 Å². The van der Waals surface area contributed by atoms with Gasteiger partial charge in [0.25, 0.3) is 0 Å². The molecule has 1 atom stereocenters. The summed E-state index contributed by atoms with van der Waals surface area (Å²) < 4.78 is 0. The average Bonchev–Trinajstić information content (AvgIpc) is 3.17. The molecule has 3 aromatic rings. The van der Waals surface area contributed by atoms with Crippen molar-refractivity contribution in [3.8, 4) is 11.3 Å². The Hall–Kier alpha value is -1.98. The highest BCUT2D eigenvalue weighted by molar-refractivity contribution is 7.10. The van der Waals surface area contributed by atoms with E-state index < -0.39 is 0 Å². The van der Waals surface area contributed by atoms with Crippen LogP contribution in [0, 0.1) is 0 Å². The molecule has 0 aliphatic heterocycles. The molecule has 1 unspecified atom stereocenters. The Morgan fingerprint density at radius 2 is 2.25 bits per heavy atom. The third kappa shape index (κ3) is 2.79. The molecule has 0 amide bonds. The molecule has 0 saturated carbocycles. The zero-order valence-electron chi connectivity index (χ0n) is 11.2. The van der Waals surface area contributed by atoms with Crippen LogP contribution >= 0.6 is 11.3 Å². The van der Waals surface area contributed by atoms with Gasteiger partial charge < -0.3 is 5.32 Å². The largest absolute Gasteiger partial charge is 0.305 e. The summed E-state index contributed by atoms with van der Waals surface area (Å²) in [6.07, 6.45) is 5.49. The summed E-state index contributed by atoms with van der Waals surface area (Å²) in [7, 11) is 0. The topological polar surface area (TPSA) is 53.6 Å². The summed E-state index contributed by atoms with van der Waals surface area (Å²) in [5, 5.41) is 12.8. The van der Waals surface area contributed by atoms with Gasteiger partial charge in [0.15, 0.2) is 0 Å². The lowest BCUT2D eigenvalue weighted by atomic mass is 10.1. The van der Waals surface area contributed by atoms with Gasteiger partial charge in [-0.25, -0.2) is 0 Å². The Morgan fingerprint density at radius 3 is 3.00 bits per heavy atom. The van der Waals surface area contributed by atoms with Crippen LogP contribution in [0.5, 0.6) is 0 Å². The number of aromatic nitrogens is 3. The summed E-state index contributed by atoms with van der Waals surface area (Å²) in [5.74, 6) is 0. The molecule has 0 saturated heterocycles. The molecule has 3 aromatic heterocycles. The van der Waals surface area contributed by atoms with Gasteiger partial charge in [0.05, 0.1) is 11.9 Å². The van der Waals surface area contributed by atoms with Crippen LogP contribution in [0.3, 0.4) is 0 Å². The Balaban J connectivity index is 1.72. The van der Waals surface area contributed by atoms with Gasteiger partial charge in [0.2, 0.25) is 0 Å². The lowest BCUT2D eigenvalue weighted by Crippen LogP contribution is -2.17. The Kier molecular flexibility index (Phi) is 3.90. The van der Waals surface area contributed by atoms with Gasteiger partial charge in [0, 0.05) is 41.0 Å². The van der Waals surface area contributed by atoms with E-state index >= 15 is 0 Å². The van der Waals surface area contributed by atoms with Crippen molar-refractivity contribution >= 4 is 11.3 Å². The maximum Gasteiger partial charge on any atom is 0.0710 e. The van der Waals surface area contributed by atoms with E-state index in [1.807, 2.05) is 24.5 Å². The molecule has 5 heteroatoms. The molecule has 0 aromatic carbocycles. The van der Waals surface area contributed by atoms with Crippen LogP contribution in [-0.4, -0.2) is 15.2 Å². The maximum absolute atomic E-state index is 4.15. The summed E-state index contributed by atoms with van der Waals surface area (Å²) in [5.41, 5.74) is 3.25. The molecule has 0 radical (unpaired) electrons. The van der Waals surface area contributed by atoms with Crippen LogP contribution < -0.4 is 5.32 Å². The van der Waals surface area contributed by atoms with Gasteiger partial charge in [-0.05, 0) is 30.5 Å². The number of aromatic amines is 1. The van der Waals surface area contributed by atoms with Crippen molar-refractivity contribution in [2.75, 3.05) is 0 Å². The van der Waals surface area contributed by atoms with Crippen molar-refractivity contribution in [1.29, 1.82) is 0 Å². The first-order chi connectivity index (χ1) is 9.84. The Morgan fingerprint density at radius 1 is 1.30 bits per heavy atom. The standard InChI is InChI=1S/C15H16N4S/c1-11(14-5-3-7-20-14)17-9-13-10-18-19-15(13)12-4-2-6-16-8-12/h2-8,10-11,17H,9H2,1H3,(H,18,19). The Labute approximate surface area is 121 Å². The normalized spacial score (nSPS) is 12.4. The maximum atomic E-state index is 4.15. The van der Waals surface area contributed by atoms with Gasteiger partial charge in [-0.15, -0.1) is 11.3 Å². The number of pyridine rings is 1. The molecule has 102 valence electrons. The highest BCUT2D eigenvalue weighted by Gasteiger charge is 2.10. The van der Waals surface area contributed by atoms with Gasteiger partial charge in [-0.3, -0.25) is 10.1 Å². The molecule has 4 nitrogen and oxygen atoms in total. The van der Waals surface area contributed by atoms with Crippen LogP contribution in [0.2, 0.25) is 0 Å². The molecule has 0 aliphatic rings. The molecule has 0 fully saturated rings. The first kappa shape index (κ1) is 13.0. The van der Waals surface area contributed by atoms with E-state index in [0.717, 1.165) is 23.4 Å². The minimum absolute atomic E-state index is 0.339. The number of H-pyrrole nitrogens is 1. The van der Waals surface area contributed by atoms with Crippen molar-refractivity contribution in [1.82, 2.24) is 20.5 Å². The van der Waals surface area contributed by atoms with E-state index in [4.69, 9.17) is 0 Å². The molecule has 3 rings (SSSR count). The third-order valence-electron chi connectivity index (χ3n) is 3.24. The van der Waals surface area contributed by atoms with Crippen LogP contribution in [-0.2, 0) is 6.54 Å². The van der Waals surface area contributed by atoms with Crippen LogP contribution in [0.25, 0.3) is 11.3 Å². The molecule has 2 N–H and O–H groups in total. The molecule has 0 bridgehead atoms. The molecule has 0 aliphatic carbocycles. The SMILES string of the molecule is CC(NCc1cn[nH]c1-c1cccnc1)c1cccs1. The highest BCUT2D eigenvalue weighted by Crippen LogP contribution is 2.22. The highest BCUT2D eigenvalue weighted by atomic mass is 32.1. The van der Waals surface area contributed by atoms with Crippen LogP contribution in [0.4, 0.5) is 0 Å². The minimum Gasteiger partial charge on any atom is -0.305 e. The van der Waals surface area contributed by atoms with Gasteiger partial charge in [-0.1, -0.05) is 6.07 Å². The first-order valence-corrected chi connectivity index (χ1v) is 7.42. The first-order valence-electron chi connectivity index (χ1n) is 6.54. The lowest BCUT2D eigenvalue weighted by Gasteiger charge is -2.12. The van der Waals surface area contributed by atoms with Crippen molar-refractivity contribution in [2.45, 2.75) is 19.5 Å². The average molecular weight is 284 g/mol. The fourth-order valence-corrected chi connectivity index (χ4v) is 2.87. The molecule has 20 heavy (non-hydrogen) atoms. The molecular formula is C15H16N4S. The van der Waals surface area contributed by atoms with E-state index in [0.29, 0.717) is 6.04 Å². The molecule has 3 heterocycles. The van der Waals surface area contributed by atoms with Crippen molar-refractivity contribution < 1.29 is 0 Å². The van der Waals surface area contributed by atoms with Crippen molar-refractivity contribution in [3.05, 3.63) is 58.7 Å². The van der Waals surface area contributed by atoms with Crippen molar-refractivity contribution in [3.63, 3.8) is 0 Å². The summed E-state index contributed by atoms with van der Waals surface area (Å²) in [6.45, 7) is 2.95. The predicted molar refractivity (Wildman–Crippen MR) is 81.4 cm³/mol. The zero-order chi connectivity index (χ0) is 13.8. The number of hydrogen-bond acceptors (Lipinski definition) is 4. The number of rotatable bonds is 5. The fraction of sp³-hybridized carbons (Fsp3) is 0.200. The Bertz CT molecular complexity index is 646. The molecule has 0 spiro atoms. The second kappa shape index (κ2) is 5.98. The number of hydrogen-bond donors (Lipinski definition) is 2. The van der Waals surface area contributed by atoms with E-state index in [1.165, 1.54) is 4.88 Å². The second-order valence-corrected chi connectivity index (χ2v) is 5.61. The van der Waals surface area contributed by atoms with E-state index in [-0.39, 0.29) is 0 Å². The number of thiophene rings is 1. The smallest absolute Gasteiger partial charge is 0.0710 e. The van der Waals surface area contributed by atoms with Crippen LogP contribution in [0.1, 0.15) is 23.4 Å². The van der Waals surface area contributed by atoms with Crippen molar-refractivity contribution in [2.24, 2.45) is 0 Å². The number of nitrogens with one attached hydrogen (secondary N) is 2. The van der Waals surface area contributed by atoms with E-state index in [2.05, 4.69) is 44.9 Å². The number of nitrogens with zero attached hydrogens (tertiary/aromatic N) is 2. The monoisotopic (exact) mass is 284 g/mol. The predicted octanol–water partition coefficient (Wildman–Crippen LogP) is 3.38. The van der Waals surface area contributed by atoms with E-state index in [9.17, 15) is 0 Å². The van der Waals surface area contributed by atoms with Gasteiger partial charge in [0.1, 0.15) is 0 Å². The molecular weight excluding hydrogens is 268 g/mol. The second-order valence-electron chi connectivity index (χ2n) is 4.63. The third-order valence-corrected chi connectivity index (χ3v) is 4.29. The summed E-state index contributed by atoms with van der Waals surface area (Å²) in [6, 6.07) is 8.54. The van der Waals surface area contributed by atoms with Gasteiger partial charge in [-0.2, -0.15) is 5.10 Å². The lowest BCUT2D eigenvalue weighted by molar-refractivity contribution is 0.583. The zero-order valence-corrected chi connectivity index (χ0v) is 12.0. The quantitative estimate of drug-likeness (QED) is 0.755. The minimum atomic E-state index is 0.339. The summed E-state index contributed by atoms with van der Waals surface area (Å²) >= 11 is 1.77. The van der Waals surface area contributed by atoms with Crippen LogP contribution in [0.15, 0.2) is 48.2 Å². The fourth-order valence-electron chi connectivity index (χ4n) is 2.11.